The highest BCUT2D eigenvalue weighted by Gasteiger charge is 1.94. The quantitative estimate of drug-likeness (QED) is 0.562. The average Bonchev–Trinajstić information content (AvgIpc) is 2.15. The van der Waals surface area contributed by atoms with E-state index in [-0.39, 0.29) is 0 Å². The Balaban J connectivity index is 2.47. The second kappa shape index (κ2) is 5.27. The number of nitrogens with two attached hydrogens (primary N) is 1. The van der Waals surface area contributed by atoms with Crippen molar-refractivity contribution in [3.05, 3.63) is 35.9 Å². The molecule has 3 heteroatoms. The highest BCUT2D eigenvalue weighted by atomic mass is 15.1. The molecule has 0 heterocycles. The molecule has 3 N–H and O–H groups in total. The fourth-order valence-corrected chi connectivity index (χ4v) is 1.10. The molecule has 0 fully saturated rings. The Morgan fingerprint density at radius 3 is 2.57 bits per heavy atom. The number of hydrogen-bond donors (Lipinski definition) is 2. The van der Waals surface area contributed by atoms with Gasteiger partial charge in [0.25, 0.3) is 0 Å². The number of nitrogens with one attached hydrogen (secondary N) is 1. The van der Waals surface area contributed by atoms with Crippen LogP contribution in [0.5, 0.6) is 0 Å². The van der Waals surface area contributed by atoms with Gasteiger partial charge in [0.2, 0.25) is 0 Å². The summed E-state index contributed by atoms with van der Waals surface area (Å²) in [7, 11) is 0. The predicted octanol–water partition coefficient (Wildman–Crippen LogP) is 1.50. The third-order valence-corrected chi connectivity index (χ3v) is 1.71. The molecular formula is C11H17N3. The Morgan fingerprint density at radius 1 is 1.36 bits per heavy atom. The van der Waals surface area contributed by atoms with Crippen LogP contribution in [-0.4, -0.2) is 12.0 Å². The number of nitrogens with zero attached hydrogens (tertiary/aromatic N) is 1. The first-order valence-electron chi connectivity index (χ1n) is 4.79. The Morgan fingerprint density at radius 2 is 2.00 bits per heavy atom. The Bertz CT molecular complexity index is 291. The first kappa shape index (κ1) is 10.6. The van der Waals surface area contributed by atoms with Crippen LogP contribution in [0.1, 0.15) is 19.4 Å². The zero-order chi connectivity index (χ0) is 10.4. The molecule has 0 saturated heterocycles. The molecule has 1 aromatic rings. The maximum atomic E-state index is 5.66. The number of benzene rings is 1. The number of aliphatic imine (C=N–C) groups is 1. The third-order valence-electron chi connectivity index (χ3n) is 1.71. The minimum absolute atomic E-state index is 0.328. The van der Waals surface area contributed by atoms with Gasteiger partial charge in [-0.15, -0.1) is 0 Å². The molecule has 1 rings (SSSR count). The third kappa shape index (κ3) is 3.94. The average molecular weight is 191 g/mol. The molecule has 0 aliphatic carbocycles. The summed E-state index contributed by atoms with van der Waals surface area (Å²) in [6.07, 6.45) is 0. The van der Waals surface area contributed by atoms with Gasteiger partial charge in [-0.2, -0.15) is 0 Å². The fraction of sp³-hybridized carbons (Fsp3) is 0.364. The molecule has 0 radical (unpaired) electrons. The van der Waals surface area contributed by atoms with Crippen LogP contribution in [0.15, 0.2) is 35.3 Å². The molecule has 0 saturated carbocycles. The zero-order valence-electron chi connectivity index (χ0n) is 8.70. The van der Waals surface area contributed by atoms with Crippen molar-refractivity contribution in [1.82, 2.24) is 5.32 Å². The van der Waals surface area contributed by atoms with E-state index >= 15 is 0 Å². The van der Waals surface area contributed by atoms with E-state index in [4.69, 9.17) is 5.73 Å². The van der Waals surface area contributed by atoms with Crippen molar-refractivity contribution in [2.24, 2.45) is 10.7 Å². The van der Waals surface area contributed by atoms with E-state index in [2.05, 4.69) is 10.3 Å². The fourth-order valence-electron chi connectivity index (χ4n) is 1.10. The van der Waals surface area contributed by atoms with Gasteiger partial charge in [0.1, 0.15) is 0 Å². The van der Waals surface area contributed by atoms with Crippen LogP contribution in [0.25, 0.3) is 0 Å². The monoisotopic (exact) mass is 191 g/mol. The van der Waals surface area contributed by atoms with Crippen molar-refractivity contribution in [2.45, 2.75) is 26.4 Å². The van der Waals surface area contributed by atoms with Gasteiger partial charge in [0.15, 0.2) is 5.96 Å². The van der Waals surface area contributed by atoms with E-state index in [0.717, 1.165) is 0 Å². The van der Waals surface area contributed by atoms with Gasteiger partial charge in [-0.1, -0.05) is 30.3 Å². The molecule has 3 nitrogen and oxygen atoms in total. The lowest BCUT2D eigenvalue weighted by Crippen LogP contribution is -2.36. The van der Waals surface area contributed by atoms with E-state index in [1.807, 2.05) is 44.2 Å². The number of hydrogen-bond acceptors (Lipinski definition) is 1. The minimum Gasteiger partial charge on any atom is -0.370 e. The molecule has 14 heavy (non-hydrogen) atoms. The second-order valence-electron chi connectivity index (χ2n) is 3.49. The van der Waals surface area contributed by atoms with E-state index in [1.54, 1.807) is 0 Å². The molecule has 0 unspecified atom stereocenters. The van der Waals surface area contributed by atoms with Crippen LogP contribution >= 0.6 is 0 Å². The van der Waals surface area contributed by atoms with Gasteiger partial charge >= 0.3 is 0 Å². The van der Waals surface area contributed by atoms with Crippen LogP contribution in [0.3, 0.4) is 0 Å². The summed E-state index contributed by atoms with van der Waals surface area (Å²) in [5.74, 6) is 0.504. The summed E-state index contributed by atoms with van der Waals surface area (Å²) in [4.78, 5) is 4.22. The lowest BCUT2D eigenvalue weighted by atomic mass is 10.2. The van der Waals surface area contributed by atoms with Crippen molar-refractivity contribution in [2.75, 3.05) is 0 Å². The molecule has 0 aromatic heterocycles. The number of rotatable bonds is 3. The highest BCUT2D eigenvalue weighted by molar-refractivity contribution is 5.78. The molecule has 0 bridgehead atoms. The molecule has 0 aliphatic heterocycles. The van der Waals surface area contributed by atoms with Gasteiger partial charge in [-0.05, 0) is 19.4 Å². The first-order valence-corrected chi connectivity index (χ1v) is 4.79. The van der Waals surface area contributed by atoms with Crippen molar-refractivity contribution >= 4 is 5.96 Å². The first-order chi connectivity index (χ1) is 6.68. The van der Waals surface area contributed by atoms with Crippen molar-refractivity contribution < 1.29 is 0 Å². The molecule has 0 atom stereocenters. The van der Waals surface area contributed by atoms with E-state index in [1.165, 1.54) is 5.56 Å². The van der Waals surface area contributed by atoms with Crippen LogP contribution in [0, 0.1) is 0 Å². The highest BCUT2D eigenvalue weighted by Crippen LogP contribution is 1.99. The molecular weight excluding hydrogens is 174 g/mol. The van der Waals surface area contributed by atoms with Gasteiger partial charge in [0.05, 0.1) is 6.54 Å². The standard InChI is InChI=1S/C11H17N3/c1-9(2)14-11(12)13-8-10-6-4-3-5-7-10/h3-7,9H,8H2,1-2H3,(H3,12,13,14). The van der Waals surface area contributed by atoms with Crippen molar-refractivity contribution in [3.8, 4) is 0 Å². The van der Waals surface area contributed by atoms with E-state index in [0.29, 0.717) is 18.5 Å². The lowest BCUT2D eigenvalue weighted by molar-refractivity contribution is 0.723. The van der Waals surface area contributed by atoms with Crippen LogP contribution in [0.4, 0.5) is 0 Å². The Kier molecular flexibility index (Phi) is 3.98. The van der Waals surface area contributed by atoms with E-state index < -0.39 is 0 Å². The summed E-state index contributed by atoms with van der Waals surface area (Å²) in [5.41, 5.74) is 6.83. The molecule has 0 spiro atoms. The van der Waals surface area contributed by atoms with Gasteiger partial charge in [-0.25, -0.2) is 4.99 Å². The van der Waals surface area contributed by atoms with Crippen LogP contribution < -0.4 is 11.1 Å². The normalized spacial score (nSPS) is 11.8. The topological polar surface area (TPSA) is 50.4 Å². The maximum absolute atomic E-state index is 5.66. The summed E-state index contributed by atoms with van der Waals surface area (Å²) >= 11 is 0. The second-order valence-corrected chi connectivity index (χ2v) is 3.49. The molecule has 1 aromatic carbocycles. The zero-order valence-corrected chi connectivity index (χ0v) is 8.70. The largest absolute Gasteiger partial charge is 0.370 e. The van der Waals surface area contributed by atoms with Crippen LogP contribution in [-0.2, 0) is 6.54 Å². The lowest BCUT2D eigenvalue weighted by Gasteiger charge is -2.08. The maximum Gasteiger partial charge on any atom is 0.189 e. The van der Waals surface area contributed by atoms with Gasteiger partial charge < -0.3 is 11.1 Å². The van der Waals surface area contributed by atoms with Gasteiger partial charge in [0, 0.05) is 6.04 Å². The summed E-state index contributed by atoms with van der Waals surface area (Å²) < 4.78 is 0. The van der Waals surface area contributed by atoms with Gasteiger partial charge in [-0.3, -0.25) is 0 Å². The van der Waals surface area contributed by atoms with E-state index in [9.17, 15) is 0 Å². The van der Waals surface area contributed by atoms with Crippen molar-refractivity contribution in [3.63, 3.8) is 0 Å². The molecule has 76 valence electrons. The predicted molar refractivity (Wildman–Crippen MR) is 60.0 cm³/mol. The Hall–Kier alpha value is -1.51. The minimum atomic E-state index is 0.328. The summed E-state index contributed by atoms with van der Waals surface area (Å²) in [6, 6.07) is 10.4. The SMILES string of the molecule is CC(C)NC(N)=NCc1ccccc1. The smallest absolute Gasteiger partial charge is 0.189 e. The summed E-state index contributed by atoms with van der Waals surface area (Å²) in [5, 5.41) is 3.04. The molecule has 0 amide bonds. The summed E-state index contributed by atoms with van der Waals surface area (Å²) in [6.45, 7) is 4.70. The van der Waals surface area contributed by atoms with Crippen molar-refractivity contribution in [1.29, 1.82) is 0 Å². The van der Waals surface area contributed by atoms with Crippen LogP contribution in [0.2, 0.25) is 0 Å². The Labute approximate surface area is 85.0 Å². The molecule has 0 aliphatic rings. The number of guanidine groups is 1.